The zero-order valence-electron chi connectivity index (χ0n) is 14.0. The zero-order valence-corrected chi connectivity index (χ0v) is 14.8. The van der Waals surface area contributed by atoms with E-state index in [1.165, 1.54) is 12.1 Å². The molecule has 0 saturated carbocycles. The van der Waals surface area contributed by atoms with Crippen molar-refractivity contribution >= 4 is 28.5 Å². The summed E-state index contributed by atoms with van der Waals surface area (Å²) >= 11 is 5.89. The van der Waals surface area contributed by atoms with Gasteiger partial charge in [-0.25, -0.2) is 4.79 Å². The Morgan fingerprint density at radius 2 is 1.63 bits per heavy atom. The average Bonchev–Trinajstić information content (AvgIpc) is 2.69. The van der Waals surface area contributed by atoms with Gasteiger partial charge in [0.05, 0.1) is 10.9 Å². The summed E-state index contributed by atoms with van der Waals surface area (Å²) in [6.45, 7) is 0. The SMILES string of the molecule is O=C(Oc1ccc2oc(-c3ccc(Cl)cc3)cc(=O)c2c1)c1ccccc1. The topological polar surface area (TPSA) is 56.5 Å². The Hall–Kier alpha value is -3.37. The Kier molecular flexibility index (Phi) is 4.48. The minimum absolute atomic E-state index is 0.223. The van der Waals surface area contributed by atoms with Crippen molar-refractivity contribution in [1.29, 1.82) is 0 Å². The van der Waals surface area contributed by atoms with Crippen LogP contribution in [0.4, 0.5) is 0 Å². The summed E-state index contributed by atoms with van der Waals surface area (Å²) in [5.74, 6) is 0.234. The molecule has 0 aliphatic heterocycles. The molecular weight excluding hydrogens is 364 g/mol. The third kappa shape index (κ3) is 3.61. The molecule has 0 amide bonds. The molecule has 4 aromatic rings. The van der Waals surface area contributed by atoms with Gasteiger partial charge in [0.15, 0.2) is 5.43 Å². The predicted molar refractivity (Wildman–Crippen MR) is 104 cm³/mol. The molecule has 0 aliphatic rings. The molecule has 0 unspecified atom stereocenters. The minimum atomic E-state index is -0.489. The van der Waals surface area contributed by atoms with Crippen molar-refractivity contribution < 1.29 is 13.9 Å². The van der Waals surface area contributed by atoms with Crippen LogP contribution >= 0.6 is 11.6 Å². The van der Waals surface area contributed by atoms with Gasteiger partial charge >= 0.3 is 5.97 Å². The molecule has 0 N–H and O–H groups in total. The Labute approximate surface area is 159 Å². The fourth-order valence-corrected chi connectivity index (χ4v) is 2.82. The van der Waals surface area contributed by atoms with E-state index < -0.39 is 5.97 Å². The normalized spacial score (nSPS) is 10.7. The highest BCUT2D eigenvalue weighted by Crippen LogP contribution is 2.26. The summed E-state index contributed by atoms with van der Waals surface area (Å²) in [7, 11) is 0. The molecule has 0 atom stereocenters. The summed E-state index contributed by atoms with van der Waals surface area (Å²) in [5, 5.41) is 0.942. The second kappa shape index (κ2) is 7.09. The van der Waals surface area contributed by atoms with E-state index in [4.69, 9.17) is 20.8 Å². The fraction of sp³-hybridized carbons (Fsp3) is 0. The highest BCUT2D eigenvalue weighted by molar-refractivity contribution is 6.30. The molecule has 3 aromatic carbocycles. The third-order valence-corrected chi connectivity index (χ3v) is 4.30. The van der Waals surface area contributed by atoms with Crippen molar-refractivity contribution in [1.82, 2.24) is 0 Å². The third-order valence-electron chi connectivity index (χ3n) is 4.05. The van der Waals surface area contributed by atoms with Crippen LogP contribution in [-0.4, -0.2) is 5.97 Å². The maximum Gasteiger partial charge on any atom is 0.343 e. The van der Waals surface area contributed by atoms with Crippen LogP contribution in [0.2, 0.25) is 5.02 Å². The number of hydrogen-bond acceptors (Lipinski definition) is 4. The first-order chi connectivity index (χ1) is 13.1. The Bertz CT molecular complexity index is 1180. The summed E-state index contributed by atoms with van der Waals surface area (Å²) in [6, 6.07) is 21.8. The van der Waals surface area contributed by atoms with E-state index in [-0.39, 0.29) is 11.2 Å². The monoisotopic (exact) mass is 376 g/mol. The molecule has 0 radical (unpaired) electrons. The van der Waals surface area contributed by atoms with Crippen molar-refractivity contribution in [2.75, 3.05) is 0 Å². The van der Waals surface area contributed by atoms with E-state index in [9.17, 15) is 9.59 Å². The highest BCUT2D eigenvalue weighted by atomic mass is 35.5. The number of benzene rings is 3. The molecule has 0 spiro atoms. The summed E-state index contributed by atoms with van der Waals surface area (Å²) in [4.78, 5) is 24.7. The molecule has 0 fully saturated rings. The maximum atomic E-state index is 12.5. The van der Waals surface area contributed by atoms with E-state index in [1.54, 1.807) is 60.7 Å². The predicted octanol–water partition coefficient (Wildman–Crippen LogP) is 5.33. The van der Waals surface area contributed by atoms with Crippen molar-refractivity contribution in [3.63, 3.8) is 0 Å². The first kappa shape index (κ1) is 17.1. The lowest BCUT2D eigenvalue weighted by Crippen LogP contribution is -2.08. The number of carbonyl (C=O) groups excluding carboxylic acids is 1. The number of carbonyl (C=O) groups is 1. The van der Waals surface area contributed by atoms with E-state index in [1.807, 2.05) is 6.07 Å². The molecule has 0 bridgehead atoms. The molecule has 0 saturated heterocycles. The molecule has 4 rings (SSSR count). The first-order valence-corrected chi connectivity index (χ1v) is 8.59. The molecule has 0 aliphatic carbocycles. The van der Waals surface area contributed by atoms with E-state index in [0.717, 1.165) is 5.56 Å². The van der Waals surface area contributed by atoms with Crippen molar-refractivity contribution in [2.24, 2.45) is 0 Å². The Balaban J connectivity index is 1.68. The van der Waals surface area contributed by atoms with Gasteiger partial charge in [0.25, 0.3) is 0 Å². The van der Waals surface area contributed by atoms with Crippen molar-refractivity contribution in [2.45, 2.75) is 0 Å². The van der Waals surface area contributed by atoms with Crippen molar-refractivity contribution in [3.8, 4) is 17.1 Å². The second-order valence-corrected chi connectivity index (χ2v) is 6.33. The number of fused-ring (bicyclic) bond motifs is 1. The number of halogens is 1. The van der Waals surface area contributed by atoms with Gasteiger partial charge in [0.1, 0.15) is 17.1 Å². The van der Waals surface area contributed by atoms with Crippen LogP contribution in [-0.2, 0) is 0 Å². The number of ether oxygens (including phenoxy) is 1. The van der Waals surface area contributed by atoms with Gasteiger partial charge in [-0.3, -0.25) is 4.79 Å². The second-order valence-electron chi connectivity index (χ2n) is 5.90. The standard InChI is InChI=1S/C22H13ClO4/c23-16-8-6-14(7-9-16)21-13-19(24)18-12-17(10-11-20(18)27-21)26-22(25)15-4-2-1-3-5-15/h1-13H. The smallest absolute Gasteiger partial charge is 0.343 e. The van der Waals surface area contributed by atoms with Crippen LogP contribution in [0.3, 0.4) is 0 Å². The molecule has 132 valence electrons. The largest absolute Gasteiger partial charge is 0.456 e. The Morgan fingerprint density at radius 1 is 0.889 bits per heavy atom. The van der Waals surface area contributed by atoms with Gasteiger partial charge in [-0.05, 0) is 54.6 Å². The van der Waals surface area contributed by atoms with Crippen LogP contribution in [0.1, 0.15) is 10.4 Å². The quantitative estimate of drug-likeness (QED) is 0.358. The number of rotatable bonds is 3. The van der Waals surface area contributed by atoms with Crippen LogP contribution < -0.4 is 10.2 Å². The summed E-state index contributed by atoms with van der Waals surface area (Å²) < 4.78 is 11.2. The molecule has 1 aromatic heterocycles. The average molecular weight is 377 g/mol. The van der Waals surface area contributed by atoms with Crippen LogP contribution in [0.15, 0.2) is 88.1 Å². The van der Waals surface area contributed by atoms with Gasteiger partial charge in [-0.15, -0.1) is 0 Å². The van der Waals surface area contributed by atoms with Crippen LogP contribution in [0.5, 0.6) is 5.75 Å². The molecule has 1 heterocycles. The van der Waals surface area contributed by atoms with Gasteiger partial charge in [-0.2, -0.15) is 0 Å². The molecule has 27 heavy (non-hydrogen) atoms. The van der Waals surface area contributed by atoms with Gasteiger partial charge in [-0.1, -0.05) is 29.8 Å². The van der Waals surface area contributed by atoms with Gasteiger partial charge in [0.2, 0.25) is 0 Å². The lowest BCUT2D eigenvalue weighted by atomic mass is 10.1. The lowest BCUT2D eigenvalue weighted by Gasteiger charge is -2.07. The van der Waals surface area contributed by atoms with E-state index >= 15 is 0 Å². The Morgan fingerprint density at radius 3 is 2.37 bits per heavy atom. The minimum Gasteiger partial charge on any atom is -0.456 e. The maximum absolute atomic E-state index is 12.5. The summed E-state index contributed by atoms with van der Waals surface area (Å²) in [5.41, 5.74) is 1.37. The number of esters is 1. The van der Waals surface area contributed by atoms with Gasteiger partial charge in [0, 0.05) is 16.7 Å². The lowest BCUT2D eigenvalue weighted by molar-refractivity contribution is 0.0735. The first-order valence-electron chi connectivity index (χ1n) is 8.21. The van der Waals surface area contributed by atoms with Crippen molar-refractivity contribution in [3.05, 3.63) is 99.7 Å². The van der Waals surface area contributed by atoms with Gasteiger partial charge < -0.3 is 9.15 Å². The zero-order chi connectivity index (χ0) is 18.8. The number of hydrogen-bond donors (Lipinski definition) is 0. The van der Waals surface area contributed by atoms with E-state index in [2.05, 4.69) is 0 Å². The summed E-state index contributed by atoms with van der Waals surface area (Å²) in [6.07, 6.45) is 0. The van der Waals surface area contributed by atoms with Crippen LogP contribution in [0, 0.1) is 0 Å². The molecule has 4 nitrogen and oxygen atoms in total. The van der Waals surface area contributed by atoms with E-state index in [0.29, 0.717) is 27.3 Å². The van der Waals surface area contributed by atoms with Crippen LogP contribution in [0.25, 0.3) is 22.3 Å². The fourth-order valence-electron chi connectivity index (χ4n) is 2.70. The highest BCUT2D eigenvalue weighted by Gasteiger charge is 2.11. The molecule has 5 heteroatoms. The molecular formula is C22H13ClO4.